The number of aryl methyl sites for hydroxylation is 1. The summed E-state index contributed by atoms with van der Waals surface area (Å²) in [7, 11) is 0. The first-order chi connectivity index (χ1) is 15.6. The second kappa shape index (κ2) is 8.68. The first-order valence-corrected chi connectivity index (χ1v) is 11.4. The number of amides is 1. The van der Waals surface area contributed by atoms with Crippen molar-refractivity contribution in [1.82, 2.24) is 14.8 Å². The Morgan fingerprint density at radius 3 is 2.72 bits per heavy atom. The van der Waals surface area contributed by atoms with E-state index in [0.29, 0.717) is 29.1 Å². The second-order valence-corrected chi connectivity index (χ2v) is 8.81. The molecule has 1 fully saturated rings. The Kier molecular flexibility index (Phi) is 5.59. The van der Waals surface area contributed by atoms with Gasteiger partial charge in [-0.1, -0.05) is 35.6 Å². The van der Waals surface area contributed by atoms with Gasteiger partial charge in [0.2, 0.25) is 5.91 Å². The zero-order valence-corrected chi connectivity index (χ0v) is 18.1. The smallest absolute Gasteiger partial charge is 0.273 e. The minimum atomic E-state index is -0.352. The molecule has 1 atom stereocenters. The van der Waals surface area contributed by atoms with Crippen LogP contribution in [0, 0.1) is 0 Å². The number of rotatable bonds is 6. The van der Waals surface area contributed by atoms with Crippen LogP contribution in [0.5, 0.6) is 0 Å². The zero-order chi connectivity index (χ0) is 22.1. The third-order valence-corrected chi connectivity index (χ3v) is 6.72. The molecule has 2 aromatic carbocycles. The number of H-pyrrole nitrogens is 1. The summed E-state index contributed by atoms with van der Waals surface area (Å²) < 4.78 is 7.97. The summed E-state index contributed by atoms with van der Waals surface area (Å²) in [6.07, 6.45) is 1.89. The molecule has 1 amide bonds. The summed E-state index contributed by atoms with van der Waals surface area (Å²) in [5, 5.41) is 3.89. The standard InChI is InChI=1S/C23H22N4O4S/c28-20(11-12-27-22(30)17-8-2-1-7-16(17)21(29)25-27)26(14-15-6-5-13-31-15)23-24-18-9-3-4-10-19(18)32-23/h1-4,7-10,15H,5-6,11-14H2,(H,25,29). The number of hydrogen-bond donors (Lipinski definition) is 1. The molecule has 32 heavy (non-hydrogen) atoms. The van der Waals surface area contributed by atoms with Crippen molar-refractivity contribution in [2.24, 2.45) is 0 Å². The third-order valence-electron chi connectivity index (χ3n) is 5.66. The number of benzene rings is 2. The van der Waals surface area contributed by atoms with Gasteiger partial charge in [-0.2, -0.15) is 0 Å². The Bertz CT molecular complexity index is 1370. The summed E-state index contributed by atoms with van der Waals surface area (Å²) >= 11 is 1.46. The summed E-state index contributed by atoms with van der Waals surface area (Å²) in [6.45, 7) is 1.19. The van der Waals surface area contributed by atoms with Gasteiger partial charge in [-0.3, -0.25) is 24.4 Å². The molecule has 164 valence electrons. The van der Waals surface area contributed by atoms with Crippen molar-refractivity contribution >= 4 is 43.4 Å². The monoisotopic (exact) mass is 450 g/mol. The van der Waals surface area contributed by atoms with Gasteiger partial charge in [0.25, 0.3) is 11.1 Å². The van der Waals surface area contributed by atoms with Crippen LogP contribution in [0.25, 0.3) is 21.0 Å². The number of anilines is 1. The van der Waals surface area contributed by atoms with Gasteiger partial charge in [-0.25, -0.2) is 9.67 Å². The topological polar surface area (TPSA) is 97.3 Å². The minimum Gasteiger partial charge on any atom is -0.376 e. The number of carbonyl (C=O) groups is 1. The Morgan fingerprint density at radius 1 is 1.16 bits per heavy atom. The predicted molar refractivity (Wildman–Crippen MR) is 124 cm³/mol. The summed E-state index contributed by atoms with van der Waals surface area (Å²) in [6, 6.07) is 14.4. The fraction of sp³-hybridized carbons (Fsp3) is 0.304. The van der Waals surface area contributed by atoms with E-state index in [1.54, 1.807) is 29.2 Å². The molecule has 3 heterocycles. The van der Waals surface area contributed by atoms with Crippen LogP contribution in [0.1, 0.15) is 19.3 Å². The lowest BCUT2D eigenvalue weighted by Crippen LogP contribution is -2.39. The average Bonchev–Trinajstić information content (AvgIpc) is 3.48. The fourth-order valence-electron chi connectivity index (χ4n) is 4.00. The van der Waals surface area contributed by atoms with Crippen LogP contribution < -0.4 is 16.0 Å². The molecule has 0 bridgehead atoms. The van der Waals surface area contributed by atoms with E-state index in [-0.39, 0.29) is 36.1 Å². The first-order valence-electron chi connectivity index (χ1n) is 10.6. The molecular formula is C23H22N4O4S. The number of para-hydroxylation sites is 1. The third kappa shape index (κ3) is 3.96. The Balaban J connectivity index is 1.41. The van der Waals surface area contributed by atoms with Crippen LogP contribution in [0.3, 0.4) is 0 Å². The van der Waals surface area contributed by atoms with Crippen molar-refractivity contribution in [3.63, 3.8) is 0 Å². The SMILES string of the molecule is O=C(CCn1[nH]c(=O)c2ccccc2c1=O)N(CC1CCCO1)c1nc2ccccc2s1. The van der Waals surface area contributed by atoms with E-state index in [0.717, 1.165) is 23.1 Å². The van der Waals surface area contributed by atoms with E-state index >= 15 is 0 Å². The van der Waals surface area contributed by atoms with Gasteiger partial charge in [0.1, 0.15) is 0 Å². The van der Waals surface area contributed by atoms with Crippen LogP contribution >= 0.6 is 11.3 Å². The summed E-state index contributed by atoms with van der Waals surface area (Å²) in [4.78, 5) is 44.7. The van der Waals surface area contributed by atoms with Gasteiger partial charge in [0.05, 0.1) is 40.2 Å². The highest BCUT2D eigenvalue weighted by Crippen LogP contribution is 2.30. The van der Waals surface area contributed by atoms with Crippen molar-refractivity contribution in [3.05, 3.63) is 69.2 Å². The van der Waals surface area contributed by atoms with E-state index in [1.807, 2.05) is 24.3 Å². The minimum absolute atomic E-state index is 0.0332. The lowest BCUT2D eigenvalue weighted by molar-refractivity contribution is -0.119. The number of thiazole rings is 1. The van der Waals surface area contributed by atoms with Crippen molar-refractivity contribution in [1.29, 1.82) is 0 Å². The number of aromatic nitrogens is 3. The first kappa shape index (κ1) is 20.6. The van der Waals surface area contributed by atoms with E-state index in [2.05, 4.69) is 10.1 Å². The predicted octanol–water partition coefficient (Wildman–Crippen LogP) is 2.90. The molecule has 1 unspecified atom stereocenters. The molecule has 4 aromatic rings. The van der Waals surface area contributed by atoms with Crippen LogP contribution in [-0.4, -0.2) is 39.9 Å². The van der Waals surface area contributed by atoms with E-state index in [9.17, 15) is 14.4 Å². The Labute approximate surface area is 187 Å². The number of aromatic amines is 1. The van der Waals surface area contributed by atoms with Gasteiger partial charge >= 0.3 is 0 Å². The quantitative estimate of drug-likeness (QED) is 0.487. The maximum Gasteiger partial charge on any atom is 0.273 e. The van der Waals surface area contributed by atoms with E-state index < -0.39 is 0 Å². The van der Waals surface area contributed by atoms with Crippen LogP contribution in [0.2, 0.25) is 0 Å². The molecule has 9 heteroatoms. The number of ether oxygens (including phenoxy) is 1. The molecule has 1 N–H and O–H groups in total. The molecular weight excluding hydrogens is 428 g/mol. The van der Waals surface area contributed by atoms with Crippen molar-refractivity contribution in [3.8, 4) is 0 Å². The largest absolute Gasteiger partial charge is 0.376 e. The number of nitrogens with one attached hydrogen (secondary N) is 1. The van der Waals surface area contributed by atoms with Gasteiger partial charge in [0.15, 0.2) is 5.13 Å². The van der Waals surface area contributed by atoms with Crippen molar-refractivity contribution in [2.45, 2.75) is 31.9 Å². The average molecular weight is 451 g/mol. The van der Waals surface area contributed by atoms with Crippen molar-refractivity contribution < 1.29 is 9.53 Å². The highest BCUT2D eigenvalue weighted by atomic mass is 32.1. The fourth-order valence-corrected chi connectivity index (χ4v) is 4.99. The lowest BCUT2D eigenvalue weighted by Gasteiger charge is -2.23. The molecule has 0 aliphatic carbocycles. The Hall–Kier alpha value is -3.30. The number of hydrogen-bond acceptors (Lipinski definition) is 6. The van der Waals surface area contributed by atoms with Gasteiger partial charge < -0.3 is 4.74 Å². The summed E-state index contributed by atoms with van der Waals surface area (Å²) in [5.41, 5.74) is 0.168. The molecule has 8 nitrogen and oxygen atoms in total. The molecule has 5 rings (SSSR count). The lowest BCUT2D eigenvalue weighted by atomic mass is 10.2. The summed E-state index contributed by atoms with van der Waals surface area (Å²) in [5.74, 6) is -0.166. The maximum absolute atomic E-state index is 13.3. The van der Waals surface area contributed by atoms with Crippen LogP contribution in [0.15, 0.2) is 58.1 Å². The van der Waals surface area contributed by atoms with Crippen LogP contribution in [0.4, 0.5) is 5.13 Å². The molecule has 0 radical (unpaired) electrons. The molecule has 0 spiro atoms. The molecule has 1 aliphatic rings. The zero-order valence-electron chi connectivity index (χ0n) is 17.3. The van der Waals surface area contributed by atoms with E-state index in [4.69, 9.17) is 4.74 Å². The van der Waals surface area contributed by atoms with E-state index in [1.165, 1.54) is 16.0 Å². The molecule has 0 saturated carbocycles. The van der Waals surface area contributed by atoms with Gasteiger partial charge in [0, 0.05) is 13.0 Å². The maximum atomic E-state index is 13.3. The molecule has 2 aromatic heterocycles. The highest BCUT2D eigenvalue weighted by molar-refractivity contribution is 7.22. The number of carbonyl (C=O) groups excluding carboxylic acids is 1. The number of fused-ring (bicyclic) bond motifs is 2. The second-order valence-electron chi connectivity index (χ2n) is 7.80. The Morgan fingerprint density at radius 2 is 1.94 bits per heavy atom. The van der Waals surface area contributed by atoms with Crippen LogP contribution in [-0.2, 0) is 16.1 Å². The van der Waals surface area contributed by atoms with Crippen molar-refractivity contribution in [2.75, 3.05) is 18.1 Å². The van der Waals surface area contributed by atoms with Gasteiger partial charge in [-0.15, -0.1) is 0 Å². The highest BCUT2D eigenvalue weighted by Gasteiger charge is 2.26. The normalized spacial score (nSPS) is 16.1. The molecule has 1 aliphatic heterocycles. The molecule has 1 saturated heterocycles. The van der Waals surface area contributed by atoms with Gasteiger partial charge in [-0.05, 0) is 37.1 Å². The number of nitrogens with zero attached hydrogens (tertiary/aromatic N) is 3.